The third-order valence-corrected chi connectivity index (χ3v) is 7.93. The molecule has 1 atom stereocenters. The summed E-state index contributed by atoms with van der Waals surface area (Å²) < 4.78 is 13.6. The van der Waals surface area contributed by atoms with E-state index in [0.29, 0.717) is 26.4 Å². The fourth-order valence-electron chi connectivity index (χ4n) is 4.48. The minimum absolute atomic E-state index is 0.206. The lowest BCUT2D eigenvalue weighted by molar-refractivity contribution is -0.139. The lowest BCUT2D eigenvalue weighted by atomic mass is 9.96. The molecule has 0 radical (unpaired) electrons. The maximum atomic E-state index is 13.8. The largest absolute Gasteiger partial charge is 0.496 e. The molecule has 7 nitrogen and oxygen atoms in total. The standard InChI is InChI=1S/C28H30BrN3O4S/c1-6-31(7-2)20-12-9-18(10-13-20)15-23-26(33)32-25(19-11-14-22(35-5)21(29)16-19)24(27(34)36-8-3)17(4)30-28(32)37-23/h9-16,25H,6-8H2,1-5H3/b23-15+/t25-/m0/s1. The van der Waals surface area contributed by atoms with Crippen molar-refractivity contribution in [3.63, 3.8) is 0 Å². The van der Waals surface area contributed by atoms with Crippen molar-refractivity contribution in [2.24, 2.45) is 4.99 Å². The highest BCUT2D eigenvalue weighted by Gasteiger charge is 2.33. The van der Waals surface area contributed by atoms with Gasteiger partial charge in [-0.3, -0.25) is 9.36 Å². The van der Waals surface area contributed by atoms with E-state index in [4.69, 9.17) is 9.47 Å². The summed E-state index contributed by atoms with van der Waals surface area (Å²) in [4.78, 5) is 34.3. The van der Waals surface area contributed by atoms with E-state index in [1.807, 2.05) is 36.4 Å². The van der Waals surface area contributed by atoms with Gasteiger partial charge in [-0.1, -0.05) is 29.5 Å². The molecule has 2 aromatic carbocycles. The van der Waals surface area contributed by atoms with Gasteiger partial charge in [0.1, 0.15) is 5.75 Å². The van der Waals surface area contributed by atoms with Crippen LogP contribution in [0.2, 0.25) is 0 Å². The molecular weight excluding hydrogens is 554 g/mol. The average molecular weight is 585 g/mol. The molecule has 37 heavy (non-hydrogen) atoms. The smallest absolute Gasteiger partial charge is 0.338 e. The number of hydrogen-bond donors (Lipinski definition) is 0. The van der Waals surface area contributed by atoms with Gasteiger partial charge in [0.15, 0.2) is 4.80 Å². The van der Waals surface area contributed by atoms with Gasteiger partial charge >= 0.3 is 5.97 Å². The molecule has 9 heteroatoms. The van der Waals surface area contributed by atoms with Crippen molar-refractivity contribution >= 4 is 45.0 Å². The monoisotopic (exact) mass is 583 g/mol. The van der Waals surface area contributed by atoms with E-state index in [1.54, 1.807) is 25.5 Å². The van der Waals surface area contributed by atoms with Crippen LogP contribution in [0.1, 0.15) is 44.9 Å². The highest BCUT2D eigenvalue weighted by atomic mass is 79.9. The zero-order valence-corrected chi connectivity index (χ0v) is 24.0. The Morgan fingerprint density at radius 2 is 1.86 bits per heavy atom. The molecule has 0 saturated heterocycles. The van der Waals surface area contributed by atoms with Crippen LogP contribution in [0.4, 0.5) is 5.69 Å². The van der Waals surface area contributed by atoms with Gasteiger partial charge in [-0.15, -0.1) is 0 Å². The second kappa shape index (κ2) is 11.5. The van der Waals surface area contributed by atoms with E-state index >= 15 is 0 Å². The van der Waals surface area contributed by atoms with Gasteiger partial charge in [0.25, 0.3) is 5.56 Å². The van der Waals surface area contributed by atoms with E-state index in [2.05, 4.69) is 51.8 Å². The van der Waals surface area contributed by atoms with Gasteiger partial charge in [0, 0.05) is 18.8 Å². The fraction of sp³-hybridized carbons (Fsp3) is 0.321. The maximum absolute atomic E-state index is 13.8. The molecule has 3 aromatic rings. The van der Waals surface area contributed by atoms with E-state index in [9.17, 15) is 9.59 Å². The van der Waals surface area contributed by atoms with E-state index < -0.39 is 12.0 Å². The van der Waals surface area contributed by atoms with Crippen molar-refractivity contribution in [2.45, 2.75) is 33.7 Å². The number of ether oxygens (including phenoxy) is 2. The summed E-state index contributed by atoms with van der Waals surface area (Å²) in [6.07, 6.45) is 1.88. The predicted molar refractivity (Wildman–Crippen MR) is 151 cm³/mol. The first-order valence-electron chi connectivity index (χ1n) is 12.2. The van der Waals surface area contributed by atoms with Gasteiger partial charge in [0.2, 0.25) is 0 Å². The van der Waals surface area contributed by atoms with Crippen molar-refractivity contribution in [1.29, 1.82) is 0 Å². The summed E-state index contributed by atoms with van der Waals surface area (Å²) in [5.74, 6) is 0.171. The molecule has 4 rings (SSSR count). The van der Waals surface area contributed by atoms with Crippen LogP contribution in [0.15, 0.2) is 68.0 Å². The average Bonchev–Trinajstić information content (AvgIpc) is 3.19. The Labute approximate surface area is 228 Å². The quantitative estimate of drug-likeness (QED) is 0.367. The molecule has 2 heterocycles. The molecule has 0 fully saturated rings. The highest BCUT2D eigenvalue weighted by Crippen LogP contribution is 2.35. The Hall–Kier alpha value is -3.17. The van der Waals surface area contributed by atoms with Gasteiger partial charge in [-0.25, -0.2) is 9.79 Å². The molecule has 1 aromatic heterocycles. The third-order valence-electron chi connectivity index (χ3n) is 6.33. The molecular formula is C28H30BrN3O4S. The van der Waals surface area contributed by atoms with Crippen molar-refractivity contribution in [3.05, 3.63) is 89.0 Å². The maximum Gasteiger partial charge on any atom is 0.338 e. The number of allylic oxidation sites excluding steroid dienone is 1. The molecule has 0 spiro atoms. The van der Waals surface area contributed by atoms with E-state index in [1.165, 1.54) is 11.3 Å². The second-order valence-electron chi connectivity index (χ2n) is 8.46. The topological polar surface area (TPSA) is 73.1 Å². The number of carbonyl (C=O) groups excluding carboxylic acids is 1. The first kappa shape index (κ1) is 26.9. The fourth-order valence-corrected chi connectivity index (χ4v) is 6.09. The summed E-state index contributed by atoms with van der Waals surface area (Å²) in [7, 11) is 1.59. The number of halogens is 1. The number of fused-ring (bicyclic) bond motifs is 1. The van der Waals surface area contributed by atoms with Crippen molar-refractivity contribution < 1.29 is 14.3 Å². The minimum atomic E-state index is -0.676. The number of rotatable bonds is 8. The normalized spacial score (nSPS) is 15.3. The Morgan fingerprint density at radius 1 is 1.16 bits per heavy atom. The summed E-state index contributed by atoms with van der Waals surface area (Å²) in [5.41, 5.74) is 3.49. The molecule has 1 aliphatic rings. The van der Waals surface area contributed by atoms with Crippen LogP contribution < -0.4 is 24.5 Å². The van der Waals surface area contributed by atoms with Crippen LogP contribution in [0, 0.1) is 0 Å². The number of anilines is 1. The summed E-state index contributed by atoms with van der Waals surface area (Å²) >= 11 is 4.85. The number of nitrogens with zero attached hydrogens (tertiary/aromatic N) is 3. The number of methoxy groups -OCH3 is 1. The van der Waals surface area contributed by atoms with Crippen LogP contribution in [0.25, 0.3) is 6.08 Å². The molecule has 0 N–H and O–H groups in total. The number of thiazole rings is 1. The Bertz CT molecular complexity index is 1520. The Balaban J connectivity index is 1.87. The van der Waals surface area contributed by atoms with Gasteiger partial charge < -0.3 is 14.4 Å². The zero-order chi connectivity index (χ0) is 26.7. The van der Waals surface area contributed by atoms with Crippen LogP contribution in [0.5, 0.6) is 5.75 Å². The van der Waals surface area contributed by atoms with Crippen LogP contribution in [-0.2, 0) is 9.53 Å². The molecule has 0 unspecified atom stereocenters. The molecule has 0 aliphatic carbocycles. The summed E-state index contributed by atoms with van der Waals surface area (Å²) in [6, 6.07) is 13.0. The highest BCUT2D eigenvalue weighted by molar-refractivity contribution is 9.10. The van der Waals surface area contributed by atoms with E-state index in [0.717, 1.165) is 34.4 Å². The summed E-state index contributed by atoms with van der Waals surface area (Å²) in [6.45, 7) is 9.87. The zero-order valence-electron chi connectivity index (χ0n) is 21.6. The predicted octanol–water partition coefficient (Wildman–Crippen LogP) is 4.42. The van der Waals surface area contributed by atoms with Gasteiger partial charge in [-0.05, 0) is 85.1 Å². The lowest BCUT2D eigenvalue weighted by Crippen LogP contribution is -2.39. The van der Waals surface area contributed by atoms with Crippen molar-refractivity contribution in [2.75, 3.05) is 31.7 Å². The number of aromatic nitrogens is 1. The van der Waals surface area contributed by atoms with Crippen molar-refractivity contribution in [3.8, 4) is 5.75 Å². The van der Waals surface area contributed by atoms with Gasteiger partial charge in [-0.2, -0.15) is 0 Å². The van der Waals surface area contributed by atoms with Crippen molar-refractivity contribution in [1.82, 2.24) is 4.57 Å². The molecule has 0 saturated carbocycles. The Morgan fingerprint density at radius 3 is 2.46 bits per heavy atom. The van der Waals surface area contributed by atoms with Gasteiger partial charge in [0.05, 0.1) is 40.0 Å². The molecule has 0 amide bonds. The summed E-state index contributed by atoms with van der Waals surface area (Å²) in [5, 5.41) is 0. The number of benzene rings is 2. The van der Waals surface area contributed by atoms with E-state index in [-0.39, 0.29) is 12.2 Å². The van der Waals surface area contributed by atoms with Crippen LogP contribution in [0.3, 0.4) is 0 Å². The minimum Gasteiger partial charge on any atom is -0.496 e. The SMILES string of the molecule is CCOC(=O)C1=C(C)N=c2s/c(=C/c3ccc(N(CC)CC)cc3)c(=O)n2[C@H]1c1ccc(OC)c(Br)c1. The third kappa shape index (κ3) is 5.29. The first-order chi connectivity index (χ1) is 17.8. The lowest BCUT2D eigenvalue weighted by Gasteiger charge is -2.25. The molecule has 194 valence electrons. The molecule has 1 aliphatic heterocycles. The number of esters is 1. The van der Waals surface area contributed by atoms with Crippen LogP contribution >= 0.6 is 27.3 Å². The number of carbonyl (C=O) groups is 1. The van der Waals surface area contributed by atoms with Crippen LogP contribution in [-0.4, -0.2) is 37.3 Å². The second-order valence-corrected chi connectivity index (χ2v) is 10.3. The molecule has 0 bridgehead atoms. The Kier molecular flexibility index (Phi) is 8.34. The number of hydrogen-bond acceptors (Lipinski definition) is 7. The first-order valence-corrected chi connectivity index (χ1v) is 13.8.